The first kappa shape index (κ1) is 59.6. The summed E-state index contributed by atoms with van der Waals surface area (Å²) >= 11 is 6.50. The van der Waals surface area contributed by atoms with Crippen LogP contribution in [-0.2, 0) is 37.9 Å². The van der Waals surface area contributed by atoms with E-state index < -0.39 is 53.0 Å². The normalized spacial score (nSPS) is 10.8. The van der Waals surface area contributed by atoms with E-state index in [4.69, 9.17) is 16.6 Å². The minimum Gasteiger partial charge on any atom is -0.477 e. The van der Waals surface area contributed by atoms with Crippen molar-refractivity contribution in [1.82, 2.24) is 15.0 Å². The van der Waals surface area contributed by atoms with Crippen molar-refractivity contribution in [3.8, 4) is 0 Å². The average Bonchev–Trinajstić information content (AvgIpc) is 4.05. The molecule has 6 aromatic rings. The molecule has 7 N–H and O–H groups in total. The maximum atomic E-state index is 12.8. The average molecular weight is 1070 g/mol. The third kappa shape index (κ3) is 19.0. The van der Waals surface area contributed by atoms with Gasteiger partial charge >= 0.3 is 24.5 Å². The van der Waals surface area contributed by atoms with Crippen molar-refractivity contribution in [3.05, 3.63) is 136 Å². The Morgan fingerprint density at radius 2 is 0.925 bits per heavy atom. The molecule has 0 bridgehead atoms. The number of aromatic carboxylic acids is 1. The first-order valence-corrected chi connectivity index (χ1v) is 22.9. The number of halogens is 10. The number of benzene rings is 3. The predicted molar refractivity (Wildman–Crippen MR) is 250 cm³/mol. The van der Waals surface area contributed by atoms with Crippen LogP contribution >= 0.6 is 49.9 Å². The lowest BCUT2D eigenvalue weighted by Crippen LogP contribution is -2.13. The van der Waals surface area contributed by atoms with Crippen molar-refractivity contribution in [2.75, 3.05) is 22.2 Å². The SMILES string of the molecule is C.CBr.CCc1ncc(C(=O)Nc2ccc(C)c(C(F)(F)F)c2)s1.CCc1ncc(C(=O)O)s1.Cc1ccc(N)cc1C(F)(F)F.Cc1ccc(NC(=O)c2cnc(CN)s2)cc1C(F)(F)F. The molecular formula is C43H47BrF9N7O4S3. The van der Waals surface area contributed by atoms with Crippen LogP contribution in [0.1, 0.15) is 98.7 Å². The molecule has 0 aliphatic heterocycles. The Bertz CT molecular complexity index is 2430. The zero-order valence-electron chi connectivity index (χ0n) is 35.7. The monoisotopic (exact) mass is 1070 g/mol. The molecule has 3 aromatic carbocycles. The summed E-state index contributed by atoms with van der Waals surface area (Å²) in [6, 6.07) is 11.1. The number of thiazole rings is 3. The molecule has 0 saturated heterocycles. The molecular weight excluding hydrogens is 1030 g/mol. The number of carboxylic acids is 1. The summed E-state index contributed by atoms with van der Waals surface area (Å²) in [5, 5.41) is 15.6. The number of nitrogen functional groups attached to an aromatic ring is 1. The quantitative estimate of drug-likeness (QED) is 0.0562. The lowest BCUT2D eigenvalue weighted by molar-refractivity contribution is -0.138. The van der Waals surface area contributed by atoms with Crippen molar-refractivity contribution in [2.24, 2.45) is 5.73 Å². The van der Waals surface area contributed by atoms with Crippen molar-refractivity contribution in [2.45, 2.75) is 80.0 Å². The summed E-state index contributed by atoms with van der Waals surface area (Å²) in [6.07, 6.45) is -7.52. The topological polar surface area (TPSA) is 186 Å². The minimum atomic E-state index is -4.46. The molecule has 0 aliphatic carbocycles. The molecule has 3 aromatic heterocycles. The second-order valence-electron chi connectivity index (χ2n) is 13.1. The van der Waals surface area contributed by atoms with Gasteiger partial charge in [0.05, 0.1) is 45.3 Å². The molecule has 366 valence electrons. The molecule has 0 aliphatic rings. The highest BCUT2D eigenvalue weighted by molar-refractivity contribution is 9.08. The largest absolute Gasteiger partial charge is 0.477 e. The van der Waals surface area contributed by atoms with Gasteiger partial charge in [-0.05, 0) is 92.5 Å². The molecule has 67 heavy (non-hydrogen) atoms. The van der Waals surface area contributed by atoms with E-state index >= 15 is 0 Å². The second-order valence-corrected chi connectivity index (χ2v) is 16.5. The summed E-state index contributed by atoms with van der Waals surface area (Å²) in [6.45, 7) is 8.22. The van der Waals surface area contributed by atoms with Gasteiger partial charge in [-0.2, -0.15) is 39.5 Å². The fourth-order valence-corrected chi connectivity index (χ4v) is 7.14. The van der Waals surface area contributed by atoms with Gasteiger partial charge in [-0.1, -0.05) is 55.4 Å². The van der Waals surface area contributed by atoms with E-state index in [9.17, 15) is 53.9 Å². The smallest absolute Gasteiger partial charge is 0.416 e. The molecule has 0 saturated carbocycles. The van der Waals surface area contributed by atoms with Crippen molar-refractivity contribution >= 4 is 84.8 Å². The van der Waals surface area contributed by atoms with Gasteiger partial charge < -0.3 is 27.2 Å². The lowest BCUT2D eigenvalue weighted by atomic mass is 10.1. The number of nitrogens with one attached hydrogen (secondary N) is 2. The maximum Gasteiger partial charge on any atom is 0.416 e. The van der Waals surface area contributed by atoms with Gasteiger partial charge in [0.25, 0.3) is 11.8 Å². The fourth-order valence-electron chi connectivity index (χ4n) is 5.00. The first-order chi connectivity index (χ1) is 30.8. The standard InChI is InChI=1S/C14H13F3N2OS.C13H12F3N3OS.C8H8F3N.C6H7NO2S.CH3Br.CH4/c1-3-12-18-7-11(21-12)13(20)19-9-5-4-8(2)10(6-9)14(15,16)17;1-7-2-3-8(4-9(7)13(14,15)16)19-12(20)10-6-18-11(5-17)21-10;1-5-2-3-6(12)4-7(5)8(9,10)11;1-2-5-7-3-4(10-5)6(8)9;1-2;/h4-7H,3H2,1-2H3,(H,19,20);2-4,6H,5,17H2,1H3,(H,19,20);2-4H,12H2,1H3;3H,2H2,1H3,(H,8,9);1H3;1H4. The molecule has 2 amide bonds. The van der Waals surface area contributed by atoms with E-state index in [0.717, 1.165) is 46.0 Å². The Morgan fingerprint density at radius 3 is 1.22 bits per heavy atom. The summed E-state index contributed by atoms with van der Waals surface area (Å²) in [4.78, 5) is 47.0. The van der Waals surface area contributed by atoms with Crippen molar-refractivity contribution < 1.29 is 59.0 Å². The number of hydrogen-bond acceptors (Lipinski definition) is 11. The van der Waals surface area contributed by atoms with Crippen LogP contribution < -0.4 is 22.1 Å². The molecule has 3 heterocycles. The summed E-state index contributed by atoms with van der Waals surface area (Å²) in [5.41, 5.74) is 9.17. The number of anilines is 3. The number of rotatable bonds is 8. The fraction of sp³-hybridized carbons (Fsp3) is 0.302. The van der Waals surface area contributed by atoms with E-state index in [2.05, 4.69) is 41.5 Å². The summed E-state index contributed by atoms with van der Waals surface area (Å²) < 4.78 is 113. The molecule has 0 fully saturated rings. The van der Waals surface area contributed by atoms with Gasteiger partial charge in [0.1, 0.15) is 19.6 Å². The molecule has 11 nitrogen and oxygen atoms in total. The number of carbonyl (C=O) groups excluding carboxylic acids is 2. The second kappa shape index (κ2) is 26.8. The number of hydrogen-bond donors (Lipinski definition) is 5. The minimum absolute atomic E-state index is 0. The van der Waals surface area contributed by atoms with Crippen LogP contribution in [0, 0.1) is 20.8 Å². The lowest BCUT2D eigenvalue weighted by Gasteiger charge is -2.12. The highest BCUT2D eigenvalue weighted by Crippen LogP contribution is 2.35. The third-order valence-corrected chi connectivity index (χ3v) is 11.6. The molecule has 6 rings (SSSR count). The number of aryl methyl sites for hydroxylation is 5. The van der Waals surface area contributed by atoms with Crippen LogP contribution in [0.3, 0.4) is 0 Å². The zero-order chi connectivity index (χ0) is 50.2. The van der Waals surface area contributed by atoms with Crippen LogP contribution in [0.25, 0.3) is 0 Å². The van der Waals surface area contributed by atoms with Gasteiger partial charge in [-0.3, -0.25) is 9.59 Å². The number of nitrogens with zero attached hydrogens (tertiary/aromatic N) is 3. The molecule has 0 radical (unpaired) electrons. The van der Waals surface area contributed by atoms with Crippen LogP contribution in [0.2, 0.25) is 0 Å². The van der Waals surface area contributed by atoms with E-state index in [1.54, 1.807) is 0 Å². The highest BCUT2D eigenvalue weighted by Gasteiger charge is 2.34. The number of amides is 2. The number of alkyl halides is 10. The Labute approximate surface area is 401 Å². The van der Waals surface area contributed by atoms with Gasteiger partial charge in [0, 0.05) is 23.6 Å². The van der Waals surface area contributed by atoms with Crippen LogP contribution in [0.5, 0.6) is 0 Å². The Kier molecular flexibility index (Phi) is 23.8. The Morgan fingerprint density at radius 1 is 0.597 bits per heavy atom. The van der Waals surface area contributed by atoms with Crippen LogP contribution in [-0.4, -0.2) is 43.7 Å². The number of carbonyl (C=O) groups is 3. The van der Waals surface area contributed by atoms with E-state index in [-0.39, 0.29) is 47.7 Å². The van der Waals surface area contributed by atoms with Crippen molar-refractivity contribution in [3.63, 3.8) is 0 Å². The Hall–Kier alpha value is -5.43. The van der Waals surface area contributed by atoms with Crippen LogP contribution in [0.15, 0.2) is 73.2 Å². The molecule has 24 heteroatoms. The van der Waals surface area contributed by atoms with E-state index in [0.29, 0.717) is 26.1 Å². The third-order valence-electron chi connectivity index (χ3n) is 8.27. The van der Waals surface area contributed by atoms with Crippen LogP contribution in [0.4, 0.5) is 56.6 Å². The van der Waals surface area contributed by atoms with E-state index in [1.165, 1.54) is 98.4 Å². The molecule has 0 unspecified atom stereocenters. The Balaban J connectivity index is 0.000000457. The highest BCUT2D eigenvalue weighted by atomic mass is 79.9. The van der Waals surface area contributed by atoms with E-state index in [1.807, 2.05) is 19.7 Å². The molecule has 0 spiro atoms. The predicted octanol–water partition coefficient (Wildman–Crippen LogP) is 13.1. The van der Waals surface area contributed by atoms with Gasteiger partial charge in [-0.25, -0.2) is 19.7 Å². The zero-order valence-corrected chi connectivity index (χ0v) is 39.8. The maximum absolute atomic E-state index is 12.8. The number of carboxylic acid groups (broad SMARTS) is 1. The molecule has 0 atom stereocenters. The van der Waals surface area contributed by atoms with Gasteiger partial charge in [0.15, 0.2) is 0 Å². The van der Waals surface area contributed by atoms with Crippen molar-refractivity contribution in [1.29, 1.82) is 0 Å². The number of aromatic nitrogens is 3. The summed E-state index contributed by atoms with van der Waals surface area (Å²) in [5.74, 6) is -0.0435. The summed E-state index contributed by atoms with van der Waals surface area (Å²) in [7, 11) is 0. The van der Waals surface area contributed by atoms with Gasteiger partial charge in [-0.15, -0.1) is 34.0 Å². The first-order valence-electron chi connectivity index (χ1n) is 18.8. The van der Waals surface area contributed by atoms with Gasteiger partial charge in [0.2, 0.25) is 0 Å². The number of nitrogens with two attached hydrogens (primary N) is 2.